The van der Waals surface area contributed by atoms with Gasteiger partial charge in [0.25, 0.3) is 0 Å². The van der Waals surface area contributed by atoms with E-state index >= 15 is 0 Å². The molecule has 0 aromatic rings. The summed E-state index contributed by atoms with van der Waals surface area (Å²) in [5.41, 5.74) is 5.05. The fourth-order valence-electron chi connectivity index (χ4n) is 2.32. The fourth-order valence-corrected chi connectivity index (χ4v) is 2.32. The maximum atomic E-state index is 11.5. The van der Waals surface area contributed by atoms with Gasteiger partial charge in [0.2, 0.25) is 0 Å². The molecule has 1 saturated carbocycles. The van der Waals surface area contributed by atoms with Crippen LogP contribution in [0.2, 0.25) is 0 Å². The van der Waals surface area contributed by atoms with Gasteiger partial charge in [-0.15, -0.1) is 0 Å². The molecular formula is C9H15NO3. The molecule has 0 unspecified atom stereocenters. The Bertz CT molecular complexity index is 233. The molecule has 4 nitrogen and oxygen atoms in total. The molecule has 4 heteroatoms. The summed E-state index contributed by atoms with van der Waals surface area (Å²) in [6.07, 6.45) is 1.49. The van der Waals surface area contributed by atoms with E-state index in [0.29, 0.717) is 19.8 Å². The third-order valence-electron chi connectivity index (χ3n) is 3.06. The standard InChI is InChI=1S/C9H15NO3/c1-2-12-7(11)9-3-8(4-9,5-10)6-13-9/h2-6,10H2,1H3. The highest BCUT2D eigenvalue weighted by Gasteiger charge is 2.66. The van der Waals surface area contributed by atoms with Crippen LogP contribution in [0.25, 0.3) is 0 Å². The van der Waals surface area contributed by atoms with Crippen molar-refractivity contribution in [1.82, 2.24) is 0 Å². The number of nitrogens with two attached hydrogens (primary N) is 1. The quantitative estimate of drug-likeness (QED) is 0.631. The smallest absolute Gasteiger partial charge is 0.338 e. The van der Waals surface area contributed by atoms with E-state index in [1.54, 1.807) is 6.92 Å². The van der Waals surface area contributed by atoms with Crippen LogP contribution in [0.4, 0.5) is 0 Å². The van der Waals surface area contributed by atoms with Crippen molar-refractivity contribution in [1.29, 1.82) is 0 Å². The molecule has 2 N–H and O–H groups in total. The summed E-state index contributed by atoms with van der Waals surface area (Å²) in [7, 11) is 0. The molecule has 13 heavy (non-hydrogen) atoms. The second-order valence-electron chi connectivity index (χ2n) is 4.06. The van der Waals surface area contributed by atoms with E-state index in [4.69, 9.17) is 15.2 Å². The highest BCUT2D eigenvalue weighted by molar-refractivity contribution is 5.82. The summed E-state index contributed by atoms with van der Waals surface area (Å²) in [5, 5.41) is 0. The predicted octanol–water partition coefficient (Wildman–Crippen LogP) is 0.0574. The zero-order valence-electron chi connectivity index (χ0n) is 7.84. The summed E-state index contributed by atoms with van der Waals surface area (Å²) >= 11 is 0. The Morgan fingerprint density at radius 3 is 2.77 bits per heavy atom. The fraction of sp³-hybridized carbons (Fsp3) is 0.889. The number of ether oxygens (including phenoxy) is 2. The van der Waals surface area contributed by atoms with Gasteiger partial charge in [-0.3, -0.25) is 0 Å². The number of hydrogen-bond donors (Lipinski definition) is 1. The molecule has 0 atom stereocenters. The Labute approximate surface area is 77.4 Å². The summed E-state index contributed by atoms with van der Waals surface area (Å²) in [6, 6.07) is 0. The Hall–Kier alpha value is -0.610. The van der Waals surface area contributed by atoms with Crippen LogP contribution in [0.3, 0.4) is 0 Å². The molecule has 1 aliphatic carbocycles. The second kappa shape index (κ2) is 2.69. The minimum absolute atomic E-state index is 0.0762. The lowest BCUT2D eigenvalue weighted by Gasteiger charge is -2.41. The first-order valence-electron chi connectivity index (χ1n) is 4.68. The van der Waals surface area contributed by atoms with E-state index in [2.05, 4.69) is 0 Å². The van der Waals surface area contributed by atoms with Gasteiger partial charge in [0, 0.05) is 12.0 Å². The first kappa shape index (κ1) is 8.97. The predicted molar refractivity (Wildman–Crippen MR) is 46.0 cm³/mol. The Morgan fingerprint density at radius 1 is 1.62 bits per heavy atom. The number of carbonyl (C=O) groups is 1. The minimum Gasteiger partial charge on any atom is -0.464 e. The topological polar surface area (TPSA) is 61.5 Å². The SMILES string of the molecule is CCOC(=O)C12CC(CN)(CO1)C2. The third-order valence-corrected chi connectivity index (χ3v) is 3.06. The number of esters is 1. The largest absolute Gasteiger partial charge is 0.464 e. The van der Waals surface area contributed by atoms with Gasteiger partial charge < -0.3 is 15.2 Å². The maximum Gasteiger partial charge on any atom is 0.338 e. The molecule has 2 aliphatic heterocycles. The molecule has 0 amide bonds. The molecule has 2 heterocycles. The summed E-state index contributed by atoms with van der Waals surface area (Å²) in [5.74, 6) is -0.212. The molecule has 2 bridgehead atoms. The number of fused-ring (bicyclic) bond motifs is 1. The van der Waals surface area contributed by atoms with Crippen molar-refractivity contribution < 1.29 is 14.3 Å². The van der Waals surface area contributed by atoms with Crippen LogP contribution in [0.1, 0.15) is 19.8 Å². The van der Waals surface area contributed by atoms with Crippen LogP contribution in [0, 0.1) is 5.41 Å². The molecule has 0 aromatic carbocycles. The first-order chi connectivity index (χ1) is 6.16. The van der Waals surface area contributed by atoms with E-state index in [-0.39, 0.29) is 11.4 Å². The van der Waals surface area contributed by atoms with Crippen LogP contribution < -0.4 is 5.73 Å². The van der Waals surface area contributed by atoms with Crippen LogP contribution in [-0.4, -0.2) is 31.3 Å². The van der Waals surface area contributed by atoms with E-state index in [0.717, 1.165) is 12.8 Å². The highest BCUT2D eigenvalue weighted by atomic mass is 16.6. The average Bonchev–Trinajstić information content (AvgIpc) is 2.59. The summed E-state index contributed by atoms with van der Waals surface area (Å²) in [6.45, 7) is 3.44. The molecule has 2 saturated heterocycles. The van der Waals surface area contributed by atoms with Crippen LogP contribution >= 0.6 is 0 Å². The zero-order chi connectivity index (χ0) is 9.53. The molecular weight excluding hydrogens is 170 g/mol. The molecule has 0 spiro atoms. The van der Waals surface area contributed by atoms with E-state index in [1.807, 2.05) is 0 Å². The van der Waals surface area contributed by atoms with Crippen molar-refractivity contribution in [2.45, 2.75) is 25.4 Å². The third kappa shape index (κ3) is 1.09. The van der Waals surface area contributed by atoms with Crippen molar-refractivity contribution in [2.24, 2.45) is 11.1 Å². The molecule has 3 fully saturated rings. The monoisotopic (exact) mass is 185 g/mol. The number of carbonyl (C=O) groups excluding carboxylic acids is 1. The molecule has 0 aromatic heterocycles. The second-order valence-corrected chi connectivity index (χ2v) is 4.06. The van der Waals surface area contributed by atoms with Gasteiger partial charge in [-0.05, 0) is 19.8 Å². The Morgan fingerprint density at radius 2 is 2.31 bits per heavy atom. The Balaban J connectivity index is 2.01. The van der Waals surface area contributed by atoms with E-state index < -0.39 is 5.60 Å². The van der Waals surface area contributed by atoms with E-state index in [1.165, 1.54) is 0 Å². The highest BCUT2D eigenvalue weighted by Crippen LogP contribution is 2.57. The average molecular weight is 185 g/mol. The van der Waals surface area contributed by atoms with Crippen molar-refractivity contribution >= 4 is 5.97 Å². The van der Waals surface area contributed by atoms with Gasteiger partial charge in [0.05, 0.1) is 13.2 Å². The van der Waals surface area contributed by atoms with E-state index in [9.17, 15) is 4.79 Å². The van der Waals surface area contributed by atoms with Gasteiger partial charge in [0.1, 0.15) is 0 Å². The Kier molecular flexibility index (Phi) is 1.85. The lowest BCUT2D eigenvalue weighted by Crippen LogP contribution is -2.53. The van der Waals surface area contributed by atoms with Gasteiger partial charge in [0.15, 0.2) is 5.60 Å². The van der Waals surface area contributed by atoms with Crippen molar-refractivity contribution in [3.05, 3.63) is 0 Å². The van der Waals surface area contributed by atoms with Gasteiger partial charge >= 0.3 is 5.97 Å². The van der Waals surface area contributed by atoms with Crippen molar-refractivity contribution in [3.63, 3.8) is 0 Å². The van der Waals surface area contributed by atoms with Gasteiger partial charge in [-0.2, -0.15) is 0 Å². The lowest BCUT2D eigenvalue weighted by molar-refractivity contribution is -0.170. The van der Waals surface area contributed by atoms with Crippen molar-refractivity contribution in [2.75, 3.05) is 19.8 Å². The number of hydrogen-bond acceptors (Lipinski definition) is 4. The summed E-state index contributed by atoms with van der Waals surface area (Å²) in [4.78, 5) is 11.5. The van der Waals surface area contributed by atoms with Crippen LogP contribution in [-0.2, 0) is 14.3 Å². The van der Waals surface area contributed by atoms with Crippen LogP contribution in [0.15, 0.2) is 0 Å². The number of rotatable bonds is 3. The molecule has 74 valence electrons. The van der Waals surface area contributed by atoms with Crippen molar-refractivity contribution in [3.8, 4) is 0 Å². The lowest BCUT2D eigenvalue weighted by atomic mass is 9.62. The van der Waals surface area contributed by atoms with Crippen LogP contribution in [0.5, 0.6) is 0 Å². The normalized spacial score (nSPS) is 41.4. The zero-order valence-corrected chi connectivity index (χ0v) is 7.84. The molecule has 3 aliphatic rings. The molecule has 0 radical (unpaired) electrons. The minimum atomic E-state index is -0.630. The maximum absolute atomic E-state index is 11.5. The summed E-state index contributed by atoms with van der Waals surface area (Å²) < 4.78 is 10.4. The van der Waals surface area contributed by atoms with Gasteiger partial charge in [-0.25, -0.2) is 4.79 Å². The van der Waals surface area contributed by atoms with Gasteiger partial charge in [-0.1, -0.05) is 0 Å². The molecule has 3 rings (SSSR count). The first-order valence-corrected chi connectivity index (χ1v) is 4.68.